The van der Waals surface area contributed by atoms with E-state index in [0.29, 0.717) is 6.54 Å². The number of aliphatic hydroxyl groups excluding tert-OH is 1. The van der Waals surface area contributed by atoms with E-state index in [0.717, 1.165) is 5.56 Å². The Bertz CT molecular complexity index is 285. The fourth-order valence-electron chi connectivity index (χ4n) is 1.17. The molecule has 0 aliphatic rings. The van der Waals surface area contributed by atoms with Crippen LogP contribution >= 0.6 is 0 Å². The Kier molecular flexibility index (Phi) is 4.29. The fourth-order valence-corrected chi connectivity index (χ4v) is 1.17. The molecule has 0 spiro atoms. The number of hydrogen-bond donors (Lipinski definition) is 2. The number of ketones is 1. The molecule has 1 aromatic rings. The van der Waals surface area contributed by atoms with Gasteiger partial charge < -0.3 is 10.4 Å². The molecule has 0 radical (unpaired) electrons. The van der Waals surface area contributed by atoms with Gasteiger partial charge in [-0.3, -0.25) is 4.79 Å². The minimum Gasteiger partial charge on any atom is -0.394 e. The van der Waals surface area contributed by atoms with Gasteiger partial charge in [-0.05, 0) is 12.5 Å². The van der Waals surface area contributed by atoms with Gasteiger partial charge in [0.15, 0.2) is 0 Å². The van der Waals surface area contributed by atoms with Crippen LogP contribution in [-0.4, -0.2) is 23.5 Å². The maximum atomic E-state index is 11.0. The Morgan fingerprint density at radius 1 is 1.43 bits per heavy atom. The highest BCUT2D eigenvalue weighted by atomic mass is 16.3. The van der Waals surface area contributed by atoms with Gasteiger partial charge in [-0.15, -0.1) is 0 Å². The average Bonchev–Trinajstić information content (AvgIpc) is 2.20. The van der Waals surface area contributed by atoms with Gasteiger partial charge >= 0.3 is 0 Å². The van der Waals surface area contributed by atoms with Gasteiger partial charge in [0.2, 0.25) is 0 Å². The summed E-state index contributed by atoms with van der Waals surface area (Å²) in [5, 5.41) is 11.9. The Hall–Kier alpha value is -1.19. The van der Waals surface area contributed by atoms with Gasteiger partial charge in [-0.1, -0.05) is 30.3 Å². The summed E-state index contributed by atoms with van der Waals surface area (Å²) in [4.78, 5) is 11.0. The number of nitrogens with one attached hydrogen (secondary N) is 1. The molecule has 0 unspecified atom stereocenters. The van der Waals surface area contributed by atoms with Gasteiger partial charge in [-0.2, -0.15) is 0 Å². The highest BCUT2D eigenvalue weighted by Gasteiger charge is 2.10. The molecule has 0 aromatic heterocycles. The summed E-state index contributed by atoms with van der Waals surface area (Å²) in [7, 11) is 0. The Morgan fingerprint density at radius 2 is 2.07 bits per heavy atom. The van der Waals surface area contributed by atoms with Crippen LogP contribution in [0.15, 0.2) is 30.3 Å². The molecule has 0 aliphatic carbocycles. The van der Waals surface area contributed by atoms with Gasteiger partial charge in [0.25, 0.3) is 0 Å². The summed E-state index contributed by atoms with van der Waals surface area (Å²) in [5.74, 6) is -0.0385. The monoisotopic (exact) mass is 193 g/mol. The number of hydrogen-bond acceptors (Lipinski definition) is 3. The molecule has 1 atom stereocenters. The molecule has 14 heavy (non-hydrogen) atoms. The second-order valence-electron chi connectivity index (χ2n) is 3.21. The Labute approximate surface area is 83.8 Å². The van der Waals surface area contributed by atoms with E-state index in [-0.39, 0.29) is 12.4 Å². The van der Waals surface area contributed by atoms with Crippen LogP contribution in [-0.2, 0) is 11.3 Å². The van der Waals surface area contributed by atoms with Crippen LogP contribution in [0, 0.1) is 0 Å². The highest BCUT2D eigenvalue weighted by Crippen LogP contribution is 1.98. The minimum absolute atomic E-state index is 0.0385. The summed E-state index contributed by atoms with van der Waals surface area (Å²) in [6, 6.07) is 9.33. The van der Waals surface area contributed by atoms with Crippen molar-refractivity contribution in [1.82, 2.24) is 5.32 Å². The van der Waals surface area contributed by atoms with Crippen LogP contribution < -0.4 is 5.32 Å². The third kappa shape index (κ3) is 3.28. The van der Waals surface area contributed by atoms with Crippen LogP contribution in [0.2, 0.25) is 0 Å². The summed E-state index contributed by atoms with van der Waals surface area (Å²) >= 11 is 0. The maximum absolute atomic E-state index is 11.0. The first-order chi connectivity index (χ1) is 6.74. The van der Waals surface area contributed by atoms with Crippen molar-refractivity contribution >= 4 is 5.78 Å². The lowest BCUT2D eigenvalue weighted by Gasteiger charge is -2.12. The first-order valence-electron chi connectivity index (χ1n) is 4.62. The number of Topliss-reactive ketones (excluding diaryl/α,β-unsaturated/α-hetero) is 1. The van der Waals surface area contributed by atoms with Crippen LogP contribution in [0.3, 0.4) is 0 Å². The average molecular weight is 193 g/mol. The molecule has 1 aromatic carbocycles. The normalized spacial score (nSPS) is 12.4. The highest BCUT2D eigenvalue weighted by molar-refractivity contribution is 5.81. The largest absolute Gasteiger partial charge is 0.394 e. The zero-order valence-electron chi connectivity index (χ0n) is 8.23. The van der Waals surface area contributed by atoms with Crippen LogP contribution in [0.4, 0.5) is 0 Å². The predicted molar refractivity (Wildman–Crippen MR) is 54.8 cm³/mol. The summed E-state index contributed by atoms with van der Waals surface area (Å²) in [5.41, 5.74) is 1.10. The maximum Gasteiger partial charge on any atom is 0.149 e. The molecule has 0 fully saturated rings. The molecule has 0 amide bonds. The van der Waals surface area contributed by atoms with Gasteiger partial charge in [0, 0.05) is 6.54 Å². The van der Waals surface area contributed by atoms with Crippen LogP contribution in [0.1, 0.15) is 12.5 Å². The Morgan fingerprint density at radius 3 is 2.57 bits per heavy atom. The molecule has 0 heterocycles. The summed E-state index contributed by atoms with van der Waals surface area (Å²) in [6.07, 6.45) is 0. The van der Waals surface area contributed by atoms with E-state index < -0.39 is 6.04 Å². The van der Waals surface area contributed by atoms with E-state index in [2.05, 4.69) is 5.32 Å². The van der Waals surface area contributed by atoms with Crippen molar-refractivity contribution in [3.63, 3.8) is 0 Å². The molecule has 3 nitrogen and oxygen atoms in total. The van der Waals surface area contributed by atoms with Crippen molar-refractivity contribution in [3.05, 3.63) is 35.9 Å². The van der Waals surface area contributed by atoms with Crippen molar-refractivity contribution in [2.24, 2.45) is 0 Å². The van der Waals surface area contributed by atoms with Gasteiger partial charge in [0.05, 0.1) is 12.6 Å². The van der Waals surface area contributed by atoms with Gasteiger partial charge in [0.1, 0.15) is 5.78 Å². The second kappa shape index (κ2) is 5.52. The van der Waals surface area contributed by atoms with Crippen molar-refractivity contribution in [1.29, 1.82) is 0 Å². The number of carbonyl (C=O) groups excluding carboxylic acids is 1. The molecular weight excluding hydrogens is 178 g/mol. The van der Waals surface area contributed by atoms with E-state index in [1.165, 1.54) is 6.92 Å². The lowest BCUT2D eigenvalue weighted by atomic mass is 10.2. The second-order valence-corrected chi connectivity index (χ2v) is 3.21. The number of carbonyl (C=O) groups is 1. The molecule has 0 aliphatic heterocycles. The first-order valence-corrected chi connectivity index (χ1v) is 4.62. The standard InChI is InChI=1S/C11H15NO2/c1-9(14)11(8-13)12-7-10-5-3-2-4-6-10/h2-6,11-13H,7-8H2,1H3/t11-/m1/s1. The van der Waals surface area contributed by atoms with Crippen molar-refractivity contribution in [2.45, 2.75) is 19.5 Å². The molecule has 3 heteroatoms. The molecule has 76 valence electrons. The molecule has 0 saturated carbocycles. The molecule has 0 saturated heterocycles. The molecule has 0 bridgehead atoms. The quantitative estimate of drug-likeness (QED) is 0.724. The number of rotatable bonds is 5. The number of benzene rings is 1. The van der Waals surface area contributed by atoms with Crippen molar-refractivity contribution in [3.8, 4) is 0 Å². The molecule has 2 N–H and O–H groups in total. The topological polar surface area (TPSA) is 49.3 Å². The Balaban J connectivity index is 2.44. The molecule has 1 rings (SSSR count). The van der Waals surface area contributed by atoms with Crippen LogP contribution in [0.25, 0.3) is 0 Å². The smallest absolute Gasteiger partial charge is 0.149 e. The zero-order chi connectivity index (χ0) is 10.4. The first kappa shape index (κ1) is 10.9. The third-order valence-electron chi connectivity index (χ3n) is 2.07. The predicted octanol–water partition coefficient (Wildman–Crippen LogP) is 0.726. The van der Waals surface area contributed by atoms with E-state index in [4.69, 9.17) is 5.11 Å². The van der Waals surface area contributed by atoms with Gasteiger partial charge in [-0.25, -0.2) is 0 Å². The molecular formula is C11H15NO2. The van der Waals surface area contributed by atoms with E-state index in [1.54, 1.807) is 0 Å². The van der Waals surface area contributed by atoms with E-state index in [9.17, 15) is 4.79 Å². The third-order valence-corrected chi connectivity index (χ3v) is 2.07. The van der Waals surface area contributed by atoms with E-state index >= 15 is 0 Å². The lowest BCUT2D eigenvalue weighted by Crippen LogP contribution is -2.37. The zero-order valence-corrected chi connectivity index (χ0v) is 8.23. The summed E-state index contributed by atoms with van der Waals surface area (Å²) < 4.78 is 0. The summed E-state index contributed by atoms with van der Waals surface area (Å²) in [6.45, 7) is 1.92. The SMILES string of the molecule is CC(=O)[C@@H](CO)NCc1ccccc1. The minimum atomic E-state index is -0.449. The fraction of sp³-hybridized carbons (Fsp3) is 0.364. The number of aliphatic hydroxyl groups is 1. The lowest BCUT2D eigenvalue weighted by molar-refractivity contribution is -0.119. The van der Waals surface area contributed by atoms with Crippen LogP contribution in [0.5, 0.6) is 0 Å². The van der Waals surface area contributed by atoms with E-state index in [1.807, 2.05) is 30.3 Å². The van der Waals surface area contributed by atoms with Crippen molar-refractivity contribution in [2.75, 3.05) is 6.61 Å². The van der Waals surface area contributed by atoms with Crippen molar-refractivity contribution < 1.29 is 9.90 Å².